The monoisotopic (exact) mass is 465 g/mol. The summed E-state index contributed by atoms with van der Waals surface area (Å²) in [5, 5.41) is 13.1. The Bertz CT molecular complexity index is 1320. The lowest BCUT2D eigenvalue weighted by Crippen LogP contribution is -2.24. The van der Waals surface area contributed by atoms with Crippen LogP contribution in [-0.2, 0) is 11.8 Å². The van der Waals surface area contributed by atoms with Crippen LogP contribution in [0.3, 0.4) is 0 Å². The maximum Gasteiger partial charge on any atom is 0.252 e. The second-order valence-electron chi connectivity index (χ2n) is 8.32. The van der Waals surface area contributed by atoms with Crippen molar-refractivity contribution in [1.29, 1.82) is 0 Å². The topological polar surface area (TPSA) is 108 Å². The molecule has 4 aromatic heterocycles. The average Bonchev–Trinajstić information content (AvgIpc) is 3.26. The quantitative estimate of drug-likeness (QED) is 0.432. The zero-order valence-corrected chi connectivity index (χ0v) is 18.8. The van der Waals surface area contributed by atoms with Crippen molar-refractivity contribution in [3.8, 4) is 11.6 Å². The summed E-state index contributed by atoms with van der Waals surface area (Å²) in [5.74, 6) is 0.850. The molecule has 2 fully saturated rings. The fourth-order valence-corrected chi connectivity index (χ4v) is 4.56. The van der Waals surface area contributed by atoms with Gasteiger partial charge in [-0.2, -0.15) is 10.1 Å². The van der Waals surface area contributed by atoms with E-state index in [9.17, 15) is 4.79 Å². The number of amides is 1. The largest absolute Gasteiger partial charge is 0.470 e. The summed E-state index contributed by atoms with van der Waals surface area (Å²) in [5.41, 5.74) is 3.05. The number of nitrogens with one attached hydrogen (secondary N) is 2. The molecule has 11 heteroatoms. The number of hydrogen-bond donors (Lipinski definition) is 2. The van der Waals surface area contributed by atoms with E-state index in [1.54, 1.807) is 10.9 Å². The number of aryl methyl sites for hydroxylation is 1. The molecule has 2 aliphatic rings. The van der Waals surface area contributed by atoms with Gasteiger partial charge in [-0.1, -0.05) is 0 Å². The lowest BCUT2D eigenvalue weighted by Gasteiger charge is -2.14. The van der Waals surface area contributed by atoms with Crippen molar-refractivity contribution in [2.24, 2.45) is 7.05 Å². The first-order valence-corrected chi connectivity index (χ1v) is 11.8. The summed E-state index contributed by atoms with van der Waals surface area (Å²) in [6, 6.07) is 4.07. The van der Waals surface area contributed by atoms with E-state index in [2.05, 4.69) is 15.7 Å². The van der Waals surface area contributed by atoms with Gasteiger partial charge in [0.05, 0.1) is 41.2 Å². The highest BCUT2D eigenvalue weighted by Gasteiger charge is 2.25. The van der Waals surface area contributed by atoms with Gasteiger partial charge < -0.3 is 24.7 Å². The standard InChI is InChI=1S/C22H23N7O3S/c1-28-10-15(9-23-28)29-6-4-17-19(29)21(32-16-5-7-31-11-16)27-22(25-17)26-18-8-13(12-33-18)20(30)24-14-2-3-14/h4,6,8-10,12,14,16H,2-3,5,7,11H2,1H3,(H,24,30)(H,25,26,27)/t16-/m1/s1. The van der Waals surface area contributed by atoms with Gasteiger partial charge in [0.25, 0.3) is 5.91 Å². The molecule has 1 saturated carbocycles. The van der Waals surface area contributed by atoms with Crippen LogP contribution in [0.15, 0.2) is 36.1 Å². The minimum atomic E-state index is -0.0624. The number of rotatable bonds is 7. The lowest BCUT2D eigenvalue weighted by molar-refractivity contribution is 0.0951. The Kier molecular flexibility index (Phi) is 4.99. The molecule has 2 N–H and O–H groups in total. The molecule has 5 heterocycles. The van der Waals surface area contributed by atoms with Crippen molar-refractivity contribution in [2.75, 3.05) is 18.5 Å². The van der Waals surface area contributed by atoms with Gasteiger partial charge in [-0.15, -0.1) is 11.3 Å². The van der Waals surface area contributed by atoms with Gasteiger partial charge in [-0.3, -0.25) is 9.48 Å². The van der Waals surface area contributed by atoms with Crippen molar-refractivity contribution in [3.05, 3.63) is 41.7 Å². The number of hydrogen-bond acceptors (Lipinski definition) is 8. The smallest absolute Gasteiger partial charge is 0.252 e. The SMILES string of the molecule is Cn1cc(-n2ccc3nc(Nc4cc(C(=O)NC5CC5)cs4)nc(O[C@@H]4CCOC4)c32)cn1. The van der Waals surface area contributed by atoms with Crippen LogP contribution in [0.2, 0.25) is 0 Å². The highest BCUT2D eigenvalue weighted by Crippen LogP contribution is 2.32. The number of carbonyl (C=O) groups is 1. The molecule has 10 nitrogen and oxygen atoms in total. The van der Waals surface area contributed by atoms with E-state index >= 15 is 0 Å². The molecule has 1 aliphatic carbocycles. The molecule has 0 radical (unpaired) electrons. The third-order valence-electron chi connectivity index (χ3n) is 5.65. The van der Waals surface area contributed by atoms with Gasteiger partial charge in [0.2, 0.25) is 11.8 Å². The third-order valence-corrected chi connectivity index (χ3v) is 6.49. The summed E-state index contributed by atoms with van der Waals surface area (Å²) in [4.78, 5) is 21.7. The highest BCUT2D eigenvalue weighted by atomic mass is 32.1. The van der Waals surface area contributed by atoms with Crippen LogP contribution in [0, 0.1) is 0 Å². The van der Waals surface area contributed by atoms with Crippen LogP contribution in [0.25, 0.3) is 16.7 Å². The predicted octanol–water partition coefficient (Wildman–Crippen LogP) is 3.02. The second-order valence-corrected chi connectivity index (χ2v) is 9.23. The molecular formula is C22H23N7O3S. The van der Waals surface area contributed by atoms with E-state index in [1.807, 2.05) is 41.5 Å². The summed E-state index contributed by atoms with van der Waals surface area (Å²) in [6.07, 6.45) is 8.51. The Morgan fingerprint density at radius 2 is 2.21 bits per heavy atom. The molecular weight excluding hydrogens is 442 g/mol. The van der Waals surface area contributed by atoms with Gasteiger partial charge in [0, 0.05) is 37.3 Å². The maximum atomic E-state index is 12.3. The molecule has 0 aromatic carbocycles. The molecule has 33 heavy (non-hydrogen) atoms. The van der Waals surface area contributed by atoms with Gasteiger partial charge in [-0.05, 0) is 25.0 Å². The van der Waals surface area contributed by atoms with Crippen LogP contribution in [0.5, 0.6) is 5.88 Å². The number of fused-ring (bicyclic) bond motifs is 1. The first kappa shape index (κ1) is 20.2. The molecule has 1 amide bonds. The molecule has 0 spiro atoms. The van der Waals surface area contributed by atoms with Gasteiger partial charge >= 0.3 is 0 Å². The van der Waals surface area contributed by atoms with Crippen molar-refractivity contribution in [3.63, 3.8) is 0 Å². The normalized spacial score (nSPS) is 18.0. The van der Waals surface area contributed by atoms with E-state index in [0.29, 0.717) is 36.6 Å². The zero-order valence-electron chi connectivity index (χ0n) is 18.0. The van der Waals surface area contributed by atoms with Crippen LogP contribution >= 0.6 is 11.3 Å². The molecule has 1 saturated heterocycles. The Morgan fingerprint density at radius 3 is 2.97 bits per heavy atom. The minimum Gasteiger partial charge on any atom is -0.470 e. The second kappa shape index (κ2) is 8.16. The van der Waals surface area contributed by atoms with E-state index in [-0.39, 0.29) is 12.0 Å². The van der Waals surface area contributed by atoms with Crippen LogP contribution < -0.4 is 15.4 Å². The first-order chi connectivity index (χ1) is 16.1. The summed E-state index contributed by atoms with van der Waals surface area (Å²) < 4.78 is 15.5. The maximum absolute atomic E-state index is 12.3. The summed E-state index contributed by atoms with van der Waals surface area (Å²) >= 11 is 1.44. The summed E-state index contributed by atoms with van der Waals surface area (Å²) in [7, 11) is 1.88. The number of thiophene rings is 1. The number of carbonyl (C=O) groups excluding carboxylic acids is 1. The van der Waals surface area contributed by atoms with E-state index < -0.39 is 0 Å². The van der Waals surface area contributed by atoms with E-state index in [4.69, 9.17) is 19.4 Å². The molecule has 0 bridgehead atoms. The fraction of sp³-hybridized carbons (Fsp3) is 0.364. The third kappa shape index (κ3) is 4.16. The Morgan fingerprint density at radius 1 is 1.30 bits per heavy atom. The van der Waals surface area contributed by atoms with Crippen molar-refractivity contribution >= 4 is 39.2 Å². The average molecular weight is 466 g/mol. The highest BCUT2D eigenvalue weighted by molar-refractivity contribution is 7.14. The number of anilines is 2. The van der Waals surface area contributed by atoms with Gasteiger partial charge in [0.15, 0.2) is 0 Å². The van der Waals surface area contributed by atoms with Crippen LogP contribution in [0.1, 0.15) is 29.6 Å². The fourth-order valence-electron chi connectivity index (χ4n) is 3.79. The molecule has 1 atom stereocenters. The zero-order chi connectivity index (χ0) is 22.4. The Balaban J connectivity index is 1.33. The van der Waals surface area contributed by atoms with Crippen molar-refractivity contribution in [2.45, 2.75) is 31.4 Å². The van der Waals surface area contributed by atoms with Crippen LogP contribution in [0.4, 0.5) is 10.9 Å². The Hall–Kier alpha value is -3.44. The van der Waals surface area contributed by atoms with Gasteiger partial charge in [-0.25, -0.2) is 4.98 Å². The Labute approximate surface area is 193 Å². The molecule has 0 unspecified atom stereocenters. The van der Waals surface area contributed by atoms with Crippen LogP contribution in [-0.4, -0.2) is 55.6 Å². The lowest BCUT2D eigenvalue weighted by atomic mass is 10.3. The van der Waals surface area contributed by atoms with Gasteiger partial charge in [0.1, 0.15) is 11.6 Å². The molecule has 170 valence electrons. The first-order valence-electron chi connectivity index (χ1n) is 10.9. The minimum absolute atomic E-state index is 0.0445. The molecule has 1 aliphatic heterocycles. The van der Waals surface area contributed by atoms with E-state index in [0.717, 1.165) is 41.0 Å². The number of aromatic nitrogens is 5. The summed E-state index contributed by atoms with van der Waals surface area (Å²) in [6.45, 7) is 1.21. The molecule has 4 aromatic rings. The number of nitrogens with zero attached hydrogens (tertiary/aromatic N) is 5. The van der Waals surface area contributed by atoms with Crippen molar-refractivity contribution < 1.29 is 14.3 Å². The number of ether oxygens (including phenoxy) is 2. The molecule has 6 rings (SSSR count). The predicted molar refractivity (Wildman–Crippen MR) is 124 cm³/mol. The van der Waals surface area contributed by atoms with Crippen molar-refractivity contribution in [1.82, 2.24) is 29.6 Å². The van der Waals surface area contributed by atoms with E-state index in [1.165, 1.54) is 11.3 Å².